The maximum Gasteiger partial charge on any atom is 0.258 e. The van der Waals surface area contributed by atoms with Crippen molar-refractivity contribution >= 4 is 16.8 Å². The minimum Gasteiger partial charge on any atom is -0.352 e. The molecule has 2 heterocycles. The molecule has 1 amide bonds. The number of aromatic nitrogens is 3. The van der Waals surface area contributed by atoms with Crippen LogP contribution in [0.3, 0.4) is 0 Å². The number of nitrogens with zero attached hydrogens (tertiary/aromatic N) is 3. The molecule has 1 fully saturated rings. The molecule has 0 aliphatic heterocycles. The van der Waals surface area contributed by atoms with Crippen LogP contribution in [0.2, 0.25) is 0 Å². The van der Waals surface area contributed by atoms with E-state index in [1.165, 1.54) is 10.6 Å². The van der Waals surface area contributed by atoms with E-state index in [1.54, 1.807) is 0 Å². The second-order valence-electron chi connectivity index (χ2n) is 7.11. The summed E-state index contributed by atoms with van der Waals surface area (Å²) in [4.78, 5) is 29.5. The summed E-state index contributed by atoms with van der Waals surface area (Å²) in [6.45, 7) is 3.91. The summed E-state index contributed by atoms with van der Waals surface area (Å²) in [5, 5.41) is 7.75. The molecule has 1 N–H and O–H groups in total. The van der Waals surface area contributed by atoms with Gasteiger partial charge in [-0.25, -0.2) is 0 Å². The molecule has 4 rings (SSSR count). The van der Waals surface area contributed by atoms with Crippen molar-refractivity contribution in [2.75, 3.05) is 0 Å². The van der Waals surface area contributed by atoms with E-state index in [1.807, 2.05) is 38.1 Å². The van der Waals surface area contributed by atoms with E-state index >= 15 is 0 Å². The van der Waals surface area contributed by atoms with Gasteiger partial charge in [0.25, 0.3) is 11.4 Å². The quantitative estimate of drug-likeness (QED) is 0.724. The number of para-hydroxylation sites is 1. The van der Waals surface area contributed by atoms with Crippen LogP contribution in [0.25, 0.3) is 22.4 Å². The minimum absolute atomic E-state index is 0.0267. The van der Waals surface area contributed by atoms with Crippen LogP contribution in [0.5, 0.6) is 0 Å². The van der Waals surface area contributed by atoms with Crippen molar-refractivity contribution in [3.8, 4) is 11.5 Å². The first-order valence-electron chi connectivity index (χ1n) is 9.32. The third kappa shape index (κ3) is 3.49. The van der Waals surface area contributed by atoms with E-state index in [9.17, 15) is 9.59 Å². The molecule has 0 saturated heterocycles. The monoisotopic (exact) mass is 366 g/mol. The zero-order chi connectivity index (χ0) is 19.0. The Hall–Kier alpha value is -2.96. The predicted octanol–water partition coefficient (Wildman–Crippen LogP) is 2.84. The number of pyridine rings is 1. The Labute approximate surface area is 156 Å². The van der Waals surface area contributed by atoms with Gasteiger partial charge in [-0.2, -0.15) is 4.98 Å². The highest BCUT2D eigenvalue weighted by Crippen LogP contribution is 2.39. The van der Waals surface area contributed by atoms with Gasteiger partial charge in [0.1, 0.15) is 6.54 Å². The highest BCUT2D eigenvalue weighted by molar-refractivity contribution is 5.93. The molecular weight excluding hydrogens is 344 g/mol. The van der Waals surface area contributed by atoms with Crippen LogP contribution in [0, 0.1) is 0 Å². The first-order chi connectivity index (χ1) is 13.1. The molecule has 0 bridgehead atoms. The second kappa shape index (κ2) is 6.98. The third-order valence-corrected chi connectivity index (χ3v) is 4.95. The lowest BCUT2D eigenvalue weighted by Crippen LogP contribution is -2.37. The van der Waals surface area contributed by atoms with Crippen LogP contribution in [0.4, 0.5) is 0 Å². The third-order valence-electron chi connectivity index (χ3n) is 4.95. The zero-order valence-electron chi connectivity index (χ0n) is 15.4. The Bertz CT molecular complexity index is 1050. The summed E-state index contributed by atoms with van der Waals surface area (Å²) in [5.41, 5.74) is 1.01. The number of benzene rings is 1. The fourth-order valence-corrected chi connectivity index (χ4v) is 3.09. The number of rotatable bonds is 6. The van der Waals surface area contributed by atoms with Crippen LogP contribution < -0.4 is 10.9 Å². The van der Waals surface area contributed by atoms with Gasteiger partial charge in [-0.05, 0) is 32.3 Å². The van der Waals surface area contributed by atoms with Crippen LogP contribution in [-0.4, -0.2) is 26.7 Å². The minimum atomic E-state index is -0.269. The van der Waals surface area contributed by atoms with Crippen LogP contribution in [0.1, 0.15) is 44.9 Å². The van der Waals surface area contributed by atoms with Crippen molar-refractivity contribution < 1.29 is 9.32 Å². The fourth-order valence-electron chi connectivity index (χ4n) is 3.09. The number of hydrogen-bond donors (Lipinski definition) is 1. The van der Waals surface area contributed by atoms with Crippen molar-refractivity contribution in [1.82, 2.24) is 20.0 Å². The normalized spacial score (nSPS) is 15.0. The number of nitrogens with one attached hydrogen (secondary N) is 1. The summed E-state index contributed by atoms with van der Waals surface area (Å²) in [5.74, 6) is 1.24. The molecule has 1 aliphatic rings. The number of carbonyl (C=O) groups excluding carboxylic acids is 1. The van der Waals surface area contributed by atoms with Gasteiger partial charge in [-0.3, -0.25) is 14.2 Å². The molecule has 1 aromatic carbocycles. The number of amides is 1. The Balaban J connectivity index is 1.75. The average molecular weight is 366 g/mol. The van der Waals surface area contributed by atoms with Gasteiger partial charge in [0.2, 0.25) is 5.91 Å². The Kier molecular flexibility index (Phi) is 4.51. The first kappa shape index (κ1) is 17.5. The van der Waals surface area contributed by atoms with Gasteiger partial charge < -0.3 is 9.84 Å². The lowest BCUT2D eigenvalue weighted by atomic mass is 10.1. The maximum absolute atomic E-state index is 12.8. The van der Waals surface area contributed by atoms with Crippen LogP contribution >= 0.6 is 0 Å². The lowest BCUT2D eigenvalue weighted by Gasteiger charge is -2.14. The fraction of sp³-hybridized carbons (Fsp3) is 0.400. The van der Waals surface area contributed by atoms with Gasteiger partial charge >= 0.3 is 0 Å². The van der Waals surface area contributed by atoms with E-state index in [2.05, 4.69) is 15.5 Å². The van der Waals surface area contributed by atoms with Crippen molar-refractivity contribution in [1.29, 1.82) is 0 Å². The van der Waals surface area contributed by atoms with Crippen molar-refractivity contribution in [3.05, 3.63) is 46.5 Å². The molecule has 27 heavy (non-hydrogen) atoms. The van der Waals surface area contributed by atoms with E-state index in [4.69, 9.17) is 4.52 Å². The molecular formula is C20H22N4O3. The van der Waals surface area contributed by atoms with Gasteiger partial charge in [0.15, 0.2) is 5.82 Å². The Morgan fingerprint density at radius 2 is 2.15 bits per heavy atom. The maximum atomic E-state index is 12.8. The first-order valence-corrected chi connectivity index (χ1v) is 9.32. The highest BCUT2D eigenvalue weighted by Gasteiger charge is 2.29. The van der Waals surface area contributed by atoms with Crippen molar-refractivity contribution in [2.24, 2.45) is 0 Å². The van der Waals surface area contributed by atoms with Crippen LogP contribution in [-0.2, 0) is 11.3 Å². The number of carbonyl (C=O) groups is 1. The smallest absolute Gasteiger partial charge is 0.258 e. The molecule has 1 unspecified atom stereocenters. The van der Waals surface area contributed by atoms with Crippen LogP contribution in [0.15, 0.2) is 39.6 Å². The summed E-state index contributed by atoms with van der Waals surface area (Å²) in [6, 6.07) is 9.00. The second-order valence-corrected chi connectivity index (χ2v) is 7.11. The van der Waals surface area contributed by atoms with Crippen molar-refractivity contribution in [3.63, 3.8) is 0 Å². The molecule has 0 radical (unpaired) electrons. The largest absolute Gasteiger partial charge is 0.352 e. The number of fused-ring (bicyclic) bond motifs is 1. The molecule has 1 aliphatic carbocycles. The predicted molar refractivity (Wildman–Crippen MR) is 101 cm³/mol. The molecule has 1 atom stereocenters. The summed E-state index contributed by atoms with van der Waals surface area (Å²) >= 11 is 0. The van der Waals surface area contributed by atoms with E-state index in [-0.39, 0.29) is 24.1 Å². The molecule has 3 aromatic rings. The SMILES string of the molecule is CCC(C)NC(=O)Cn1c(=O)cc(-c2nc(C3CC3)no2)c2ccccc21. The van der Waals surface area contributed by atoms with E-state index in [0.29, 0.717) is 28.7 Å². The molecule has 0 spiro atoms. The summed E-state index contributed by atoms with van der Waals surface area (Å²) in [7, 11) is 0. The van der Waals surface area contributed by atoms with Gasteiger partial charge in [0, 0.05) is 23.4 Å². The molecule has 7 nitrogen and oxygen atoms in total. The zero-order valence-corrected chi connectivity index (χ0v) is 15.4. The van der Waals surface area contributed by atoms with Gasteiger partial charge in [0.05, 0.1) is 11.1 Å². The number of hydrogen-bond acceptors (Lipinski definition) is 5. The Morgan fingerprint density at radius 1 is 1.37 bits per heavy atom. The van der Waals surface area contributed by atoms with Crippen molar-refractivity contribution in [2.45, 2.75) is 51.6 Å². The van der Waals surface area contributed by atoms with Gasteiger partial charge in [-0.1, -0.05) is 30.3 Å². The van der Waals surface area contributed by atoms with E-state index in [0.717, 1.165) is 24.6 Å². The molecule has 140 valence electrons. The standard InChI is InChI=1S/C20H22N4O3/c1-3-12(2)21-17(25)11-24-16-7-5-4-6-14(16)15(10-18(24)26)20-22-19(23-27-20)13-8-9-13/h4-7,10,12-13H,3,8-9,11H2,1-2H3,(H,21,25). The highest BCUT2D eigenvalue weighted by atomic mass is 16.5. The molecule has 7 heteroatoms. The summed E-state index contributed by atoms with van der Waals surface area (Å²) < 4.78 is 6.90. The van der Waals surface area contributed by atoms with Gasteiger partial charge in [-0.15, -0.1) is 0 Å². The topological polar surface area (TPSA) is 90.0 Å². The average Bonchev–Trinajstić information content (AvgIpc) is 3.41. The summed E-state index contributed by atoms with van der Waals surface area (Å²) in [6.07, 6.45) is 2.99. The lowest BCUT2D eigenvalue weighted by molar-refractivity contribution is -0.122. The molecule has 2 aromatic heterocycles. The molecule has 1 saturated carbocycles. The Morgan fingerprint density at radius 3 is 2.89 bits per heavy atom. The van der Waals surface area contributed by atoms with E-state index < -0.39 is 0 Å².